The Morgan fingerprint density at radius 3 is 2.38 bits per heavy atom. The summed E-state index contributed by atoms with van der Waals surface area (Å²) in [5.41, 5.74) is 0.222. The second kappa shape index (κ2) is 5.23. The van der Waals surface area contributed by atoms with Gasteiger partial charge in [-0.25, -0.2) is 13.1 Å². The Kier molecular flexibility index (Phi) is 4.03. The van der Waals surface area contributed by atoms with Gasteiger partial charge in [-0.2, -0.15) is 0 Å². The van der Waals surface area contributed by atoms with Gasteiger partial charge in [-0.15, -0.1) is 0 Å². The summed E-state index contributed by atoms with van der Waals surface area (Å²) in [7, 11) is -3.59. The first-order valence-corrected chi connectivity index (χ1v) is 9.00. The summed E-state index contributed by atoms with van der Waals surface area (Å²) in [4.78, 5) is 12.1. The van der Waals surface area contributed by atoms with Crippen molar-refractivity contribution in [3.8, 4) is 0 Å². The number of hydrogen-bond acceptors (Lipinski definition) is 4. The molecule has 1 N–H and O–H groups in total. The van der Waals surface area contributed by atoms with Crippen molar-refractivity contribution in [3.63, 3.8) is 0 Å². The summed E-state index contributed by atoms with van der Waals surface area (Å²) in [5.74, 6) is 0. The van der Waals surface area contributed by atoms with Gasteiger partial charge in [0.05, 0.1) is 15.1 Å². The Labute approximate surface area is 128 Å². The molecule has 1 aromatic carbocycles. The maximum atomic E-state index is 12.3. The van der Waals surface area contributed by atoms with Gasteiger partial charge < -0.3 is 0 Å². The fourth-order valence-corrected chi connectivity index (χ4v) is 4.71. The fourth-order valence-electron chi connectivity index (χ4n) is 2.13. The van der Waals surface area contributed by atoms with Gasteiger partial charge in [0.25, 0.3) is 0 Å². The van der Waals surface area contributed by atoms with Crippen LogP contribution in [0.2, 0.25) is 0 Å². The highest BCUT2D eigenvalue weighted by Gasteiger charge is 2.23. The highest BCUT2D eigenvalue weighted by atomic mass is 32.2. The van der Waals surface area contributed by atoms with E-state index >= 15 is 0 Å². The van der Waals surface area contributed by atoms with Crippen molar-refractivity contribution in [2.75, 3.05) is 0 Å². The molecular formula is C14H20N2O3S2. The predicted octanol–water partition coefficient (Wildman–Crippen LogP) is 2.72. The standard InChI is InChI=1S/C14H20N2O3S2/c1-9(2)16-11-7-6-10(8-12(11)20-13(16)17)21(18,19)15-14(3,4)5/h6-9,15H,1-5H3. The summed E-state index contributed by atoms with van der Waals surface area (Å²) < 4.78 is 29.6. The van der Waals surface area contributed by atoms with Gasteiger partial charge in [-0.1, -0.05) is 11.3 Å². The van der Waals surface area contributed by atoms with Gasteiger partial charge >= 0.3 is 4.87 Å². The van der Waals surface area contributed by atoms with Crippen molar-refractivity contribution >= 4 is 31.6 Å². The summed E-state index contributed by atoms with van der Waals surface area (Å²) >= 11 is 1.07. The minimum absolute atomic E-state index is 0.0430. The lowest BCUT2D eigenvalue weighted by Gasteiger charge is -2.20. The zero-order valence-corrected chi connectivity index (χ0v) is 14.4. The molecule has 0 atom stereocenters. The molecule has 0 spiro atoms. The van der Waals surface area contributed by atoms with E-state index in [9.17, 15) is 13.2 Å². The molecule has 0 aliphatic rings. The lowest BCUT2D eigenvalue weighted by atomic mass is 10.1. The van der Waals surface area contributed by atoms with E-state index in [0.717, 1.165) is 16.9 Å². The van der Waals surface area contributed by atoms with Crippen LogP contribution in [0.15, 0.2) is 27.9 Å². The Balaban J connectivity index is 2.57. The zero-order valence-electron chi connectivity index (χ0n) is 12.8. The average Bonchev–Trinajstić information content (AvgIpc) is 2.60. The topological polar surface area (TPSA) is 68.2 Å². The average molecular weight is 328 g/mol. The van der Waals surface area contributed by atoms with E-state index in [0.29, 0.717) is 4.70 Å². The van der Waals surface area contributed by atoms with Crippen LogP contribution in [0.1, 0.15) is 40.7 Å². The van der Waals surface area contributed by atoms with Gasteiger partial charge in [0.15, 0.2) is 0 Å². The third-order valence-corrected chi connectivity index (χ3v) is 5.53. The number of fused-ring (bicyclic) bond motifs is 1. The lowest BCUT2D eigenvalue weighted by Crippen LogP contribution is -2.40. The Hall–Kier alpha value is -1.18. The van der Waals surface area contributed by atoms with Crippen molar-refractivity contribution in [2.45, 2.75) is 51.1 Å². The number of sulfonamides is 1. The number of aromatic nitrogens is 1. The third-order valence-electron chi connectivity index (χ3n) is 2.85. The number of nitrogens with one attached hydrogen (secondary N) is 1. The smallest absolute Gasteiger partial charge is 0.296 e. The molecule has 21 heavy (non-hydrogen) atoms. The Morgan fingerprint density at radius 2 is 1.86 bits per heavy atom. The first-order chi connectivity index (χ1) is 9.51. The van der Waals surface area contributed by atoms with Crippen LogP contribution in [-0.4, -0.2) is 18.5 Å². The maximum Gasteiger partial charge on any atom is 0.308 e. The molecule has 5 nitrogen and oxygen atoms in total. The molecule has 2 rings (SSSR count). The van der Waals surface area contributed by atoms with E-state index in [2.05, 4.69) is 4.72 Å². The molecule has 1 heterocycles. The molecule has 0 radical (unpaired) electrons. The van der Waals surface area contributed by atoms with E-state index in [-0.39, 0.29) is 15.8 Å². The number of benzene rings is 1. The number of nitrogens with zero attached hydrogens (tertiary/aromatic N) is 1. The van der Waals surface area contributed by atoms with E-state index in [1.807, 2.05) is 13.8 Å². The number of hydrogen-bond donors (Lipinski definition) is 1. The van der Waals surface area contributed by atoms with Crippen LogP contribution in [-0.2, 0) is 10.0 Å². The highest BCUT2D eigenvalue weighted by molar-refractivity contribution is 7.89. The summed E-state index contributed by atoms with van der Waals surface area (Å²) in [6.07, 6.45) is 0. The van der Waals surface area contributed by atoms with E-state index in [1.165, 1.54) is 0 Å². The zero-order chi connectivity index (χ0) is 16.0. The third kappa shape index (κ3) is 3.36. The maximum absolute atomic E-state index is 12.3. The molecule has 0 aliphatic heterocycles. The molecule has 7 heteroatoms. The van der Waals surface area contributed by atoms with Crippen molar-refractivity contribution in [1.29, 1.82) is 0 Å². The second-order valence-corrected chi connectivity index (χ2v) is 8.99. The van der Waals surface area contributed by atoms with Crippen molar-refractivity contribution < 1.29 is 8.42 Å². The largest absolute Gasteiger partial charge is 0.308 e. The van der Waals surface area contributed by atoms with Crippen LogP contribution < -0.4 is 9.60 Å². The summed E-state index contributed by atoms with van der Waals surface area (Å²) in [6.45, 7) is 9.23. The SMILES string of the molecule is CC(C)n1c(=O)sc2cc(S(=O)(=O)NC(C)(C)C)ccc21. The normalized spacial score (nSPS) is 13.2. The van der Waals surface area contributed by atoms with Crippen molar-refractivity contribution in [3.05, 3.63) is 27.9 Å². The molecule has 0 unspecified atom stereocenters. The summed E-state index contributed by atoms with van der Waals surface area (Å²) in [5, 5.41) is 0. The molecule has 0 bridgehead atoms. The quantitative estimate of drug-likeness (QED) is 0.942. The lowest BCUT2D eigenvalue weighted by molar-refractivity contribution is 0.491. The predicted molar refractivity (Wildman–Crippen MR) is 86.5 cm³/mol. The summed E-state index contributed by atoms with van der Waals surface area (Å²) in [6, 6.07) is 4.85. The van der Waals surface area contributed by atoms with Crippen LogP contribution in [0, 0.1) is 0 Å². The minimum atomic E-state index is -3.59. The minimum Gasteiger partial charge on any atom is -0.296 e. The van der Waals surface area contributed by atoms with Crippen LogP contribution in [0.3, 0.4) is 0 Å². The monoisotopic (exact) mass is 328 g/mol. The van der Waals surface area contributed by atoms with Crippen LogP contribution in [0.4, 0.5) is 0 Å². The first kappa shape index (κ1) is 16.2. The van der Waals surface area contributed by atoms with E-state index < -0.39 is 15.6 Å². The van der Waals surface area contributed by atoms with Crippen LogP contribution in [0.25, 0.3) is 10.2 Å². The molecule has 0 saturated heterocycles. The highest BCUT2D eigenvalue weighted by Crippen LogP contribution is 2.24. The molecule has 0 saturated carbocycles. The van der Waals surface area contributed by atoms with Crippen LogP contribution >= 0.6 is 11.3 Å². The number of thiazole rings is 1. The van der Waals surface area contributed by atoms with Gasteiger partial charge in [-0.05, 0) is 52.8 Å². The molecular weight excluding hydrogens is 308 g/mol. The molecule has 0 fully saturated rings. The van der Waals surface area contributed by atoms with Crippen molar-refractivity contribution in [2.24, 2.45) is 0 Å². The van der Waals surface area contributed by atoms with Crippen LogP contribution in [0.5, 0.6) is 0 Å². The van der Waals surface area contributed by atoms with E-state index in [4.69, 9.17) is 0 Å². The second-order valence-electron chi connectivity index (χ2n) is 6.32. The number of rotatable bonds is 3. The van der Waals surface area contributed by atoms with Gasteiger partial charge in [0.2, 0.25) is 10.0 Å². The fraction of sp³-hybridized carbons (Fsp3) is 0.500. The molecule has 2 aromatic rings. The Morgan fingerprint density at radius 1 is 1.24 bits per heavy atom. The van der Waals surface area contributed by atoms with Gasteiger partial charge in [-0.3, -0.25) is 9.36 Å². The molecule has 0 amide bonds. The molecule has 1 aromatic heterocycles. The van der Waals surface area contributed by atoms with E-state index in [1.54, 1.807) is 43.5 Å². The first-order valence-electron chi connectivity index (χ1n) is 6.70. The van der Waals surface area contributed by atoms with Gasteiger partial charge in [0.1, 0.15) is 0 Å². The molecule has 0 aliphatic carbocycles. The Bertz CT molecular complexity index is 824. The van der Waals surface area contributed by atoms with Crippen molar-refractivity contribution in [1.82, 2.24) is 9.29 Å². The van der Waals surface area contributed by atoms with Gasteiger partial charge in [0, 0.05) is 11.6 Å². The molecule has 116 valence electrons.